The quantitative estimate of drug-likeness (QED) is 0.679. The zero-order valence-electron chi connectivity index (χ0n) is 9.13. The third-order valence-corrected chi connectivity index (χ3v) is 2.06. The Balaban J connectivity index is 3.82. The summed E-state index contributed by atoms with van der Waals surface area (Å²) in [6.45, 7) is 8.16. The van der Waals surface area contributed by atoms with Crippen molar-refractivity contribution in [2.45, 2.75) is 52.6 Å². The molecule has 0 heterocycles. The Morgan fingerprint density at radius 3 is 2.31 bits per heavy atom. The highest BCUT2D eigenvalue weighted by atomic mass is 16.2. The van der Waals surface area contributed by atoms with Crippen LogP contribution >= 0.6 is 0 Å². The lowest BCUT2D eigenvalue weighted by atomic mass is 10.0. The molecule has 0 aliphatic carbocycles. The van der Waals surface area contributed by atoms with E-state index >= 15 is 0 Å². The maximum absolute atomic E-state index is 11.4. The minimum Gasteiger partial charge on any atom is -0.352 e. The van der Waals surface area contributed by atoms with Gasteiger partial charge in [0.15, 0.2) is 0 Å². The molecule has 2 atom stereocenters. The van der Waals surface area contributed by atoms with Gasteiger partial charge in [-0.2, -0.15) is 0 Å². The lowest BCUT2D eigenvalue weighted by molar-refractivity contribution is -0.123. The van der Waals surface area contributed by atoms with Gasteiger partial charge in [-0.15, -0.1) is 0 Å². The largest absolute Gasteiger partial charge is 0.352 e. The fourth-order valence-electron chi connectivity index (χ4n) is 1.07. The van der Waals surface area contributed by atoms with Crippen LogP contribution in [-0.2, 0) is 4.79 Å². The van der Waals surface area contributed by atoms with E-state index in [0.29, 0.717) is 5.92 Å². The van der Waals surface area contributed by atoms with E-state index in [-0.39, 0.29) is 18.0 Å². The van der Waals surface area contributed by atoms with Crippen molar-refractivity contribution in [3.8, 4) is 0 Å². The van der Waals surface area contributed by atoms with Crippen molar-refractivity contribution in [1.82, 2.24) is 5.32 Å². The molecule has 0 aromatic carbocycles. The van der Waals surface area contributed by atoms with Crippen molar-refractivity contribution in [3.05, 3.63) is 0 Å². The zero-order valence-corrected chi connectivity index (χ0v) is 9.13. The van der Waals surface area contributed by atoms with Crippen molar-refractivity contribution in [2.75, 3.05) is 0 Å². The van der Waals surface area contributed by atoms with Gasteiger partial charge in [-0.05, 0) is 25.7 Å². The molecule has 13 heavy (non-hydrogen) atoms. The second-order valence-corrected chi connectivity index (χ2v) is 4.05. The monoisotopic (exact) mass is 186 g/mol. The van der Waals surface area contributed by atoms with Gasteiger partial charge in [-0.25, -0.2) is 0 Å². The number of carbonyl (C=O) groups is 1. The summed E-state index contributed by atoms with van der Waals surface area (Å²) in [6.07, 6.45) is 1.70. The number of carbonyl (C=O) groups excluding carboxylic acids is 1. The topological polar surface area (TPSA) is 55.1 Å². The van der Waals surface area contributed by atoms with E-state index in [1.54, 1.807) is 0 Å². The highest BCUT2D eigenvalue weighted by Crippen LogP contribution is 2.03. The third-order valence-electron chi connectivity index (χ3n) is 2.06. The minimum absolute atomic E-state index is 0.0250. The van der Waals surface area contributed by atoms with Crippen molar-refractivity contribution < 1.29 is 4.79 Å². The first-order valence-electron chi connectivity index (χ1n) is 5.03. The van der Waals surface area contributed by atoms with Gasteiger partial charge in [0.1, 0.15) is 0 Å². The van der Waals surface area contributed by atoms with Gasteiger partial charge in [0.2, 0.25) is 5.91 Å². The molecule has 0 radical (unpaired) electrons. The van der Waals surface area contributed by atoms with E-state index in [1.165, 1.54) is 0 Å². The summed E-state index contributed by atoms with van der Waals surface area (Å²) in [5.41, 5.74) is 5.71. The number of hydrogen-bond acceptors (Lipinski definition) is 2. The molecule has 0 unspecified atom stereocenters. The molecule has 0 saturated carbocycles. The first-order valence-corrected chi connectivity index (χ1v) is 5.03. The molecular weight excluding hydrogens is 164 g/mol. The zero-order chi connectivity index (χ0) is 10.4. The van der Waals surface area contributed by atoms with E-state index in [9.17, 15) is 4.79 Å². The number of amides is 1. The lowest BCUT2D eigenvalue weighted by Gasteiger charge is -2.17. The van der Waals surface area contributed by atoms with Gasteiger partial charge >= 0.3 is 0 Å². The van der Waals surface area contributed by atoms with Crippen LogP contribution in [0.25, 0.3) is 0 Å². The van der Waals surface area contributed by atoms with Crippen molar-refractivity contribution >= 4 is 5.91 Å². The number of hydrogen-bond donors (Lipinski definition) is 2. The summed E-state index contributed by atoms with van der Waals surface area (Å²) in [5.74, 6) is 0.445. The Hall–Kier alpha value is -0.570. The molecule has 0 aromatic rings. The molecule has 0 aromatic heterocycles. The molecule has 3 nitrogen and oxygen atoms in total. The van der Waals surface area contributed by atoms with Crippen LogP contribution in [-0.4, -0.2) is 18.0 Å². The normalized spacial score (nSPS) is 15.5. The smallest absolute Gasteiger partial charge is 0.237 e. The highest BCUT2D eigenvalue weighted by Gasteiger charge is 2.15. The number of rotatable bonds is 5. The van der Waals surface area contributed by atoms with Gasteiger partial charge < -0.3 is 11.1 Å². The molecule has 78 valence electrons. The standard InChI is InChI=1S/C10H22N2O/c1-5-8(4)12-10(13)9(11)6-7(2)3/h7-9H,5-6,11H2,1-4H3,(H,12,13)/t8-,9+/m0/s1. The predicted octanol–water partition coefficient (Wildman–Crippen LogP) is 1.27. The molecule has 3 heteroatoms. The molecule has 3 N–H and O–H groups in total. The maximum atomic E-state index is 11.4. The van der Waals surface area contributed by atoms with Crippen LogP contribution in [0.2, 0.25) is 0 Å². The summed E-state index contributed by atoms with van der Waals surface area (Å²) in [7, 11) is 0. The van der Waals surface area contributed by atoms with Crippen LogP contribution in [0.3, 0.4) is 0 Å². The van der Waals surface area contributed by atoms with Crippen molar-refractivity contribution in [2.24, 2.45) is 11.7 Å². The molecule has 1 amide bonds. The summed E-state index contributed by atoms with van der Waals surface area (Å²) >= 11 is 0. The van der Waals surface area contributed by atoms with Crippen LogP contribution < -0.4 is 11.1 Å². The van der Waals surface area contributed by atoms with Crippen LogP contribution in [0, 0.1) is 5.92 Å². The van der Waals surface area contributed by atoms with Gasteiger partial charge in [0.25, 0.3) is 0 Å². The molecule has 0 rings (SSSR count). The average molecular weight is 186 g/mol. The molecule has 0 bridgehead atoms. The SMILES string of the molecule is CC[C@H](C)NC(=O)[C@H](N)CC(C)C. The maximum Gasteiger partial charge on any atom is 0.237 e. The van der Waals surface area contributed by atoms with Crippen LogP contribution in [0.15, 0.2) is 0 Å². The highest BCUT2D eigenvalue weighted by molar-refractivity contribution is 5.81. The van der Waals surface area contributed by atoms with Gasteiger partial charge in [-0.1, -0.05) is 20.8 Å². The summed E-state index contributed by atoms with van der Waals surface area (Å²) in [6, 6.07) is -0.125. The van der Waals surface area contributed by atoms with E-state index in [0.717, 1.165) is 12.8 Å². The second kappa shape index (κ2) is 5.97. The van der Waals surface area contributed by atoms with E-state index in [4.69, 9.17) is 5.73 Å². The number of nitrogens with one attached hydrogen (secondary N) is 1. The second-order valence-electron chi connectivity index (χ2n) is 4.05. The van der Waals surface area contributed by atoms with Crippen LogP contribution in [0.1, 0.15) is 40.5 Å². The van der Waals surface area contributed by atoms with Gasteiger partial charge in [-0.3, -0.25) is 4.79 Å². The summed E-state index contributed by atoms with van der Waals surface area (Å²) < 4.78 is 0. The van der Waals surface area contributed by atoms with Crippen LogP contribution in [0.4, 0.5) is 0 Å². The Labute approximate surface area is 81.1 Å². The molecule has 0 spiro atoms. The Morgan fingerprint density at radius 1 is 1.38 bits per heavy atom. The fraction of sp³-hybridized carbons (Fsp3) is 0.900. The first-order chi connectivity index (χ1) is 5.97. The third kappa shape index (κ3) is 5.64. The molecule has 0 saturated heterocycles. The van der Waals surface area contributed by atoms with Gasteiger partial charge in [0, 0.05) is 6.04 Å². The summed E-state index contributed by atoms with van der Waals surface area (Å²) in [4.78, 5) is 11.4. The lowest BCUT2D eigenvalue weighted by Crippen LogP contribution is -2.44. The summed E-state index contributed by atoms with van der Waals surface area (Å²) in [5, 5.41) is 2.87. The molecule has 0 fully saturated rings. The fourth-order valence-corrected chi connectivity index (χ4v) is 1.07. The van der Waals surface area contributed by atoms with Gasteiger partial charge in [0.05, 0.1) is 6.04 Å². The van der Waals surface area contributed by atoms with Crippen LogP contribution in [0.5, 0.6) is 0 Å². The van der Waals surface area contributed by atoms with Crippen molar-refractivity contribution in [1.29, 1.82) is 0 Å². The van der Waals surface area contributed by atoms with E-state index in [2.05, 4.69) is 19.2 Å². The van der Waals surface area contributed by atoms with E-state index < -0.39 is 0 Å². The Kier molecular flexibility index (Phi) is 5.71. The molecular formula is C10H22N2O. The molecule has 0 aliphatic heterocycles. The van der Waals surface area contributed by atoms with E-state index in [1.807, 2.05) is 13.8 Å². The van der Waals surface area contributed by atoms with Crippen molar-refractivity contribution in [3.63, 3.8) is 0 Å². The first kappa shape index (κ1) is 12.4. The predicted molar refractivity (Wildman–Crippen MR) is 55.3 cm³/mol. The average Bonchev–Trinajstić information content (AvgIpc) is 2.02. The number of nitrogens with two attached hydrogens (primary N) is 1. The minimum atomic E-state index is -0.353. The Morgan fingerprint density at radius 2 is 1.92 bits per heavy atom. The Bertz CT molecular complexity index is 157. The molecule has 0 aliphatic rings.